The molecule has 1 fully saturated rings. The average molecular weight is 206 g/mol. The van der Waals surface area contributed by atoms with E-state index in [4.69, 9.17) is 4.74 Å². The fourth-order valence-electron chi connectivity index (χ4n) is 1.86. The number of pyridine rings is 1. The highest BCUT2D eigenvalue weighted by molar-refractivity contribution is 5.05. The molecular weight excluding hydrogens is 188 g/mol. The van der Waals surface area contributed by atoms with Crippen molar-refractivity contribution in [3.63, 3.8) is 0 Å². The molecular formula is C12H18N2O. The van der Waals surface area contributed by atoms with Crippen LogP contribution in [0.1, 0.15) is 31.6 Å². The van der Waals surface area contributed by atoms with Crippen LogP contribution in [0.4, 0.5) is 0 Å². The Kier molecular flexibility index (Phi) is 3.69. The smallest absolute Gasteiger partial charge is 0.0967 e. The van der Waals surface area contributed by atoms with Gasteiger partial charge in [-0.2, -0.15) is 0 Å². The van der Waals surface area contributed by atoms with Crippen LogP contribution in [0.2, 0.25) is 0 Å². The maximum Gasteiger partial charge on any atom is 0.0967 e. The molecule has 0 radical (unpaired) electrons. The number of aromatic nitrogens is 1. The molecule has 2 rings (SSSR count). The molecule has 1 aromatic rings. The summed E-state index contributed by atoms with van der Waals surface area (Å²) in [6, 6.07) is 6.47. The van der Waals surface area contributed by atoms with Crippen molar-refractivity contribution in [3.8, 4) is 0 Å². The minimum absolute atomic E-state index is 0.0913. The van der Waals surface area contributed by atoms with E-state index in [2.05, 4.69) is 17.2 Å². The minimum Gasteiger partial charge on any atom is -0.371 e. The zero-order valence-corrected chi connectivity index (χ0v) is 9.15. The van der Waals surface area contributed by atoms with Crippen LogP contribution in [0.25, 0.3) is 0 Å². The van der Waals surface area contributed by atoms with Gasteiger partial charge in [0, 0.05) is 12.2 Å². The molecule has 82 valence electrons. The molecule has 0 unspecified atom stereocenters. The Bertz CT molecular complexity index is 283. The molecule has 0 aromatic carbocycles. The first kappa shape index (κ1) is 10.6. The summed E-state index contributed by atoms with van der Waals surface area (Å²) in [5.74, 6) is 0. The van der Waals surface area contributed by atoms with E-state index in [1.54, 1.807) is 0 Å². The fraction of sp³-hybridized carbons (Fsp3) is 0.583. The third-order valence-electron chi connectivity index (χ3n) is 2.81. The predicted molar refractivity (Wildman–Crippen MR) is 59.6 cm³/mol. The molecule has 2 heterocycles. The molecule has 3 nitrogen and oxygen atoms in total. The van der Waals surface area contributed by atoms with Crippen molar-refractivity contribution < 1.29 is 4.74 Å². The quantitative estimate of drug-likeness (QED) is 0.817. The second-order valence-electron chi connectivity index (χ2n) is 4.02. The molecule has 0 amide bonds. The lowest BCUT2D eigenvalue weighted by molar-refractivity contribution is 0.0499. The number of hydrogen-bond donors (Lipinski definition) is 1. The summed E-state index contributed by atoms with van der Waals surface area (Å²) in [5, 5.41) is 3.42. The number of hydrogen-bond acceptors (Lipinski definition) is 3. The average Bonchev–Trinajstić information content (AvgIpc) is 2.80. The van der Waals surface area contributed by atoms with Gasteiger partial charge in [-0.25, -0.2) is 0 Å². The van der Waals surface area contributed by atoms with Gasteiger partial charge in [0.15, 0.2) is 0 Å². The van der Waals surface area contributed by atoms with E-state index < -0.39 is 0 Å². The largest absolute Gasteiger partial charge is 0.371 e. The second kappa shape index (κ2) is 5.24. The highest BCUT2D eigenvalue weighted by atomic mass is 16.5. The Hall–Kier alpha value is -0.930. The van der Waals surface area contributed by atoms with Crippen LogP contribution in [0, 0.1) is 0 Å². The van der Waals surface area contributed by atoms with Crippen molar-refractivity contribution in [1.29, 1.82) is 0 Å². The number of rotatable bonds is 4. The summed E-state index contributed by atoms with van der Waals surface area (Å²) in [6.45, 7) is 3.97. The Morgan fingerprint density at radius 1 is 1.60 bits per heavy atom. The van der Waals surface area contributed by atoms with Crippen molar-refractivity contribution in [2.24, 2.45) is 0 Å². The summed E-state index contributed by atoms with van der Waals surface area (Å²) < 4.78 is 5.79. The van der Waals surface area contributed by atoms with Crippen molar-refractivity contribution in [2.75, 3.05) is 13.2 Å². The molecule has 1 aliphatic heterocycles. The van der Waals surface area contributed by atoms with E-state index in [1.807, 2.05) is 24.4 Å². The maximum atomic E-state index is 5.79. The van der Waals surface area contributed by atoms with E-state index in [0.29, 0.717) is 6.04 Å². The molecule has 1 aliphatic rings. The van der Waals surface area contributed by atoms with Crippen molar-refractivity contribution >= 4 is 0 Å². The van der Waals surface area contributed by atoms with E-state index in [-0.39, 0.29) is 6.10 Å². The summed E-state index contributed by atoms with van der Waals surface area (Å²) >= 11 is 0. The van der Waals surface area contributed by atoms with Gasteiger partial charge in [0.2, 0.25) is 0 Å². The SMILES string of the molecule is C[C@@H](OC[C@@H]1CCCN1)c1ccccn1. The highest BCUT2D eigenvalue weighted by Gasteiger charge is 2.16. The lowest BCUT2D eigenvalue weighted by Gasteiger charge is -2.16. The second-order valence-corrected chi connectivity index (χ2v) is 4.02. The van der Waals surface area contributed by atoms with Crippen LogP contribution in [-0.2, 0) is 4.74 Å². The van der Waals surface area contributed by atoms with Gasteiger partial charge in [0.25, 0.3) is 0 Å². The molecule has 1 saturated heterocycles. The van der Waals surface area contributed by atoms with Gasteiger partial charge >= 0.3 is 0 Å². The Labute approximate surface area is 90.9 Å². The summed E-state index contributed by atoms with van der Waals surface area (Å²) in [4.78, 5) is 4.28. The van der Waals surface area contributed by atoms with Gasteiger partial charge in [-0.15, -0.1) is 0 Å². The standard InChI is InChI=1S/C12H18N2O/c1-10(12-6-2-3-7-14-12)15-9-11-5-4-8-13-11/h2-3,6-7,10-11,13H,4-5,8-9H2,1H3/t10-,11+/m1/s1. The van der Waals surface area contributed by atoms with Crippen LogP contribution in [0.3, 0.4) is 0 Å². The number of ether oxygens (including phenoxy) is 1. The van der Waals surface area contributed by atoms with Gasteiger partial charge in [0.1, 0.15) is 0 Å². The molecule has 0 spiro atoms. The van der Waals surface area contributed by atoms with Gasteiger partial charge in [-0.05, 0) is 38.4 Å². The first-order valence-corrected chi connectivity index (χ1v) is 5.62. The van der Waals surface area contributed by atoms with Crippen molar-refractivity contribution in [2.45, 2.75) is 31.9 Å². The van der Waals surface area contributed by atoms with E-state index in [1.165, 1.54) is 12.8 Å². The fourth-order valence-corrected chi connectivity index (χ4v) is 1.86. The van der Waals surface area contributed by atoms with E-state index >= 15 is 0 Å². The summed E-state index contributed by atoms with van der Waals surface area (Å²) in [5.41, 5.74) is 1.01. The molecule has 1 aromatic heterocycles. The van der Waals surface area contributed by atoms with Gasteiger partial charge in [-0.1, -0.05) is 6.07 Å². The monoisotopic (exact) mass is 206 g/mol. The Balaban J connectivity index is 1.79. The summed E-state index contributed by atoms with van der Waals surface area (Å²) in [6.07, 6.45) is 4.40. The highest BCUT2D eigenvalue weighted by Crippen LogP contribution is 2.15. The van der Waals surface area contributed by atoms with E-state index in [9.17, 15) is 0 Å². The molecule has 1 N–H and O–H groups in total. The lowest BCUT2D eigenvalue weighted by Crippen LogP contribution is -2.27. The van der Waals surface area contributed by atoms with Gasteiger partial charge < -0.3 is 10.1 Å². The molecule has 15 heavy (non-hydrogen) atoms. The zero-order valence-electron chi connectivity index (χ0n) is 9.15. The molecule has 3 heteroatoms. The predicted octanol–water partition coefficient (Wildman–Crippen LogP) is 1.91. The van der Waals surface area contributed by atoms with Crippen LogP contribution in [-0.4, -0.2) is 24.2 Å². The van der Waals surface area contributed by atoms with Crippen LogP contribution >= 0.6 is 0 Å². The summed E-state index contributed by atoms with van der Waals surface area (Å²) in [7, 11) is 0. The van der Waals surface area contributed by atoms with Crippen LogP contribution < -0.4 is 5.32 Å². The van der Waals surface area contributed by atoms with Gasteiger partial charge in [0.05, 0.1) is 18.4 Å². The third-order valence-corrected chi connectivity index (χ3v) is 2.81. The topological polar surface area (TPSA) is 34.1 Å². The number of nitrogens with one attached hydrogen (secondary N) is 1. The number of nitrogens with zero attached hydrogens (tertiary/aromatic N) is 1. The molecule has 0 aliphatic carbocycles. The minimum atomic E-state index is 0.0913. The molecule has 0 saturated carbocycles. The Morgan fingerprint density at radius 3 is 3.20 bits per heavy atom. The maximum absolute atomic E-state index is 5.79. The van der Waals surface area contributed by atoms with Crippen LogP contribution in [0.5, 0.6) is 0 Å². The Morgan fingerprint density at radius 2 is 2.53 bits per heavy atom. The van der Waals surface area contributed by atoms with Crippen molar-refractivity contribution in [1.82, 2.24) is 10.3 Å². The van der Waals surface area contributed by atoms with Crippen LogP contribution in [0.15, 0.2) is 24.4 Å². The lowest BCUT2D eigenvalue weighted by atomic mass is 10.2. The molecule has 0 bridgehead atoms. The van der Waals surface area contributed by atoms with Gasteiger partial charge in [-0.3, -0.25) is 4.98 Å². The van der Waals surface area contributed by atoms with Crippen molar-refractivity contribution in [3.05, 3.63) is 30.1 Å². The normalized spacial score (nSPS) is 22.9. The zero-order chi connectivity index (χ0) is 10.5. The first-order chi connectivity index (χ1) is 7.36. The first-order valence-electron chi connectivity index (χ1n) is 5.62. The molecule has 2 atom stereocenters. The third kappa shape index (κ3) is 3.01. The van der Waals surface area contributed by atoms with E-state index in [0.717, 1.165) is 18.8 Å².